The Morgan fingerprint density at radius 3 is 1.67 bits per heavy atom. The van der Waals surface area contributed by atoms with Crippen LogP contribution < -0.4 is 0 Å². The smallest absolute Gasteiger partial charge is 0.198 e. The third kappa shape index (κ3) is 4.38. The van der Waals surface area contributed by atoms with E-state index in [9.17, 15) is 8.42 Å². The van der Waals surface area contributed by atoms with Crippen molar-refractivity contribution < 1.29 is 17.9 Å². The first-order valence-corrected chi connectivity index (χ1v) is 4.13. The fourth-order valence-corrected chi connectivity index (χ4v) is 1.18. The van der Waals surface area contributed by atoms with Crippen LogP contribution in [0.5, 0.6) is 0 Å². The molecule has 0 rings (SSSR count). The molecule has 4 nitrogen and oxygen atoms in total. The van der Waals surface area contributed by atoms with Crippen LogP contribution in [0.15, 0.2) is 0 Å². The van der Waals surface area contributed by atoms with Crippen molar-refractivity contribution in [2.75, 3.05) is 26.1 Å². The maximum Gasteiger partial charge on any atom is 0.198 e. The van der Waals surface area contributed by atoms with Gasteiger partial charge in [-0.3, -0.25) is 0 Å². The third-order valence-corrected chi connectivity index (χ3v) is 1.78. The summed E-state index contributed by atoms with van der Waals surface area (Å²) in [4.78, 5) is 0. The summed E-state index contributed by atoms with van der Waals surface area (Å²) >= 11 is 0. The Labute approximate surface area is 54.7 Å². The van der Waals surface area contributed by atoms with Crippen molar-refractivity contribution in [1.82, 2.24) is 0 Å². The second-order valence-corrected chi connectivity index (χ2v) is 3.52. The van der Waals surface area contributed by atoms with Crippen LogP contribution in [0.25, 0.3) is 0 Å². The van der Waals surface area contributed by atoms with Crippen molar-refractivity contribution in [3.63, 3.8) is 0 Å². The summed E-state index contributed by atoms with van der Waals surface area (Å²) in [7, 11) is -0.473. The lowest BCUT2D eigenvalue weighted by Crippen LogP contribution is -2.13. The highest BCUT2D eigenvalue weighted by Crippen LogP contribution is 1.88. The van der Waals surface area contributed by atoms with Gasteiger partial charge < -0.3 is 9.47 Å². The monoisotopic (exact) mass is 154 g/mol. The summed E-state index contributed by atoms with van der Waals surface area (Å²) in [5.41, 5.74) is 0. The highest BCUT2D eigenvalue weighted by Gasteiger charge is 2.07. The van der Waals surface area contributed by atoms with Crippen LogP contribution in [0, 0.1) is 0 Å². The highest BCUT2D eigenvalue weighted by atomic mass is 32.2. The Morgan fingerprint density at radius 1 is 1.11 bits per heavy atom. The molecule has 0 aromatic carbocycles. The Bertz CT molecular complexity index is 136. The number of rotatable bonds is 4. The van der Waals surface area contributed by atoms with Crippen LogP contribution in [-0.4, -0.2) is 34.5 Å². The molecule has 0 unspecified atom stereocenters. The van der Waals surface area contributed by atoms with E-state index >= 15 is 0 Å². The topological polar surface area (TPSA) is 52.6 Å². The molecule has 0 spiro atoms. The zero-order valence-electron chi connectivity index (χ0n) is 5.46. The first kappa shape index (κ1) is 8.87. The first-order valence-electron chi connectivity index (χ1n) is 2.30. The highest BCUT2D eigenvalue weighted by molar-refractivity contribution is 7.91. The van der Waals surface area contributed by atoms with E-state index in [1.807, 2.05) is 0 Å². The minimum absolute atomic E-state index is 0.277. The summed E-state index contributed by atoms with van der Waals surface area (Å²) in [6, 6.07) is 0. The number of ether oxygens (including phenoxy) is 2. The predicted molar refractivity (Wildman–Crippen MR) is 32.7 cm³/mol. The van der Waals surface area contributed by atoms with Crippen LogP contribution in [0.3, 0.4) is 0 Å². The van der Waals surface area contributed by atoms with Crippen molar-refractivity contribution in [1.29, 1.82) is 0 Å². The van der Waals surface area contributed by atoms with Crippen molar-refractivity contribution in [2.24, 2.45) is 0 Å². The van der Waals surface area contributed by atoms with E-state index in [4.69, 9.17) is 0 Å². The van der Waals surface area contributed by atoms with E-state index in [0.717, 1.165) is 0 Å². The quantitative estimate of drug-likeness (QED) is 0.553. The van der Waals surface area contributed by atoms with Crippen LogP contribution in [0.4, 0.5) is 0 Å². The molecule has 9 heavy (non-hydrogen) atoms. The maximum atomic E-state index is 10.6. The normalized spacial score (nSPS) is 11.8. The minimum Gasteiger partial charge on any atom is -0.369 e. The lowest BCUT2D eigenvalue weighted by atomic mass is 11.5. The SMILES string of the molecule is COCS(=O)(=O)COC. The average molecular weight is 154 g/mol. The lowest BCUT2D eigenvalue weighted by molar-refractivity contribution is 0.225. The molecular weight excluding hydrogens is 144 g/mol. The molecule has 0 N–H and O–H groups in total. The predicted octanol–water partition coefficient (Wildman–Crippen LogP) is -0.391. The number of sulfone groups is 1. The van der Waals surface area contributed by atoms with Gasteiger partial charge in [-0.1, -0.05) is 0 Å². The number of hydrogen-bond acceptors (Lipinski definition) is 4. The lowest BCUT2D eigenvalue weighted by Gasteiger charge is -1.98. The van der Waals surface area contributed by atoms with Crippen LogP contribution >= 0.6 is 0 Å². The fraction of sp³-hybridized carbons (Fsp3) is 1.00. The molecule has 0 amide bonds. The van der Waals surface area contributed by atoms with Crippen molar-refractivity contribution in [2.45, 2.75) is 0 Å². The molecule has 0 saturated carbocycles. The van der Waals surface area contributed by atoms with E-state index in [0.29, 0.717) is 0 Å². The molecule has 0 aromatic heterocycles. The summed E-state index contributed by atoms with van der Waals surface area (Å²) in [6.07, 6.45) is 0. The first-order chi connectivity index (χ1) is 4.12. The molecule has 0 atom stereocenters. The Morgan fingerprint density at radius 2 is 1.44 bits per heavy atom. The molecule has 56 valence electrons. The number of hydrogen-bond donors (Lipinski definition) is 0. The van der Waals surface area contributed by atoms with Gasteiger partial charge in [0.1, 0.15) is 11.9 Å². The van der Waals surface area contributed by atoms with Gasteiger partial charge in [0.2, 0.25) is 0 Å². The molecule has 0 aliphatic heterocycles. The molecular formula is C4H10O4S. The molecule has 0 saturated heterocycles. The van der Waals surface area contributed by atoms with E-state index in [1.54, 1.807) is 0 Å². The maximum absolute atomic E-state index is 10.6. The van der Waals surface area contributed by atoms with Crippen molar-refractivity contribution in [3.05, 3.63) is 0 Å². The minimum atomic E-state index is -3.13. The zero-order chi connectivity index (χ0) is 7.33. The molecule has 0 bridgehead atoms. The Hall–Kier alpha value is -0.130. The molecule has 0 aromatic rings. The van der Waals surface area contributed by atoms with E-state index < -0.39 is 9.84 Å². The largest absolute Gasteiger partial charge is 0.369 e. The van der Waals surface area contributed by atoms with Gasteiger partial charge in [-0.05, 0) is 0 Å². The van der Waals surface area contributed by atoms with Gasteiger partial charge in [0.15, 0.2) is 9.84 Å². The van der Waals surface area contributed by atoms with E-state index in [2.05, 4.69) is 9.47 Å². The summed E-state index contributed by atoms with van der Waals surface area (Å²) in [5.74, 6) is -0.554. The van der Waals surface area contributed by atoms with Crippen LogP contribution in [-0.2, 0) is 19.3 Å². The van der Waals surface area contributed by atoms with Gasteiger partial charge in [-0.15, -0.1) is 0 Å². The third-order valence-electron chi connectivity index (χ3n) is 0.595. The number of methoxy groups -OCH3 is 2. The van der Waals surface area contributed by atoms with Gasteiger partial charge in [0.25, 0.3) is 0 Å². The molecule has 0 radical (unpaired) electrons. The average Bonchev–Trinajstić information content (AvgIpc) is 1.64. The van der Waals surface area contributed by atoms with Gasteiger partial charge in [-0.2, -0.15) is 0 Å². The van der Waals surface area contributed by atoms with Gasteiger partial charge in [-0.25, -0.2) is 8.42 Å². The van der Waals surface area contributed by atoms with Gasteiger partial charge in [0.05, 0.1) is 0 Å². The fourth-order valence-electron chi connectivity index (χ4n) is 0.393. The zero-order valence-corrected chi connectivity index (χ0v) is 6.27. The van der Waals surface area contributed by atoms with Crippen LogP contribution in [0.2, 0.25) is 0 Å². The van der Waals surface area contributed by atoms with Crippen molar-refractivity contribution in [3.8, 4) is 0 Å². The van der Waals surface area contributed by atoms with Gasteiger partial charge >= 0.3 is 0 Å². The molecule has 0 fully saturated rings. The second kappa shape index (κ2) is 3.81. The molecule has 0 heterocycles. The second-order valence-electron chi connectivity index (χ2n) is 1.56. The molecule has 0 aliphatic carbocycles. The standard InChI is InChI=1S/C4H10O4S/c1-7-3-9(5,6)4-8-2/h3-4H2,1-2H3. The summed E-state index contributed by atoms with van der Waals surface area (Å²) in [6.45, 7) is 0. The Kier molecular flexibility index (Phi) is 3.76. The van der Waals surface area contributed by atoms with Crippen molar-refractivity contribution >= 4 is 9.84 Å². The van der Waals surface area contributed by atoms with Gasteiger partial charge in [0, 0.05) is 14.2 Å². The summed E-state index contributed by atoms with van der Waals surface area (Å²) < 4.78 is 29.9. The Balaban J connectivity index is 3.73. The van der Waals surface area contributed by atoms with Crippen LogP contribution in [0.1, 0.15) is 0 Å². The van der Waals surface area contributed by atoms with E-state index in [1.165, 1.54) is 14.2 Å². The molecule has 5 heteroatoms. The van der Waals surface area contributed by atoms with E-state index in [-0.39, 0.29) is 11.9 Å². The summed E-state index contributed by atoms with van der Waals surface area (Å²) in [5, 5.41) is 0. The molecule has 0 aliphatic rings.